The summed E-state index contributed by atoms with van der Waals surface area (Å²) in [4.78, 5) is 11.4. The summed E-state index contributed by atoms with van der Waals surface area (Å²) in [5.41, 5.74) is 4.46. The lowest BCUT2D eigenvalue weighted by molar-refractivity contribution is -0.137. The Morgan fingerprint density at radius 1 is 1.47 bits per heavy atom. The summed E-state index contributed by atoms with van der Waals surface area (Å²) < 4.78 is 37.7. The lowest BCUT2D eigenvalue weighted by Gasteiger charge is -2.12. The number of nitrogens with two attached hydrogens (primary N) is 1. The first-order valence-electron chi connectivity index (χ1n) is 5.12. The predicted octanol–water partition coefficient (Wildman–Crippen LogP) is 3.46. The summed E-state index contributed by atoms with van der Waals surface area (Å²) in [7, 11) is 0. The van der Waals surface area contributed by atoms with Crippen molar-refractivity contribution in [3.05, 3.63) is 28.8 Å². The van der Waals surface area contributed by atoms with Crippen molar-refractivity contribution >= 4 is 35.6 Å². The average Bonchev–Trinajstić information content (AvgIpc) is 2.17. The maximum atomic E-state index is 12.6. The minimum Gasteiger partial charge on any atom is -0.327 e. The van der Waals surface area contributed by atoms with E-state index in [0.717, 1.165) is 12.1 Å². The number of anilines is 1. The van der Waals surface area contributed by atoms with Gasteiger partial charge in [-0.05, 0) is 25.1 Å². The monoisotopic (exact) mass is 316 g/mol. The van der Waals surface area contributed by atoms with E-state index in [1.54, 1.807) is 6.92 Å². The Morgan fingerprint density at radius 3 is 2.53 bits per heavy atom. The molecule has 0 radical (unpaired) electrons. The second-order valence-corrected chi connectivity index (χ2v) is 4.33. The highest BCUT2D eigenvalue weighted by atomic mass is 35.5. The second-order valence-electron chi connectivity index (χ2n) is 3.92. The molecule has 3 nitrogen and oxygen atoms in total. The summed E-state index contributed by atoms with van der Waals surface area (Å²) in [5.74, 6) is -0.444. The number of rotatable bonds is 3. The number of alkyl halides is 3. The van der Waals surface area contributed by atoms with Crippen molar-refractivity contribution in [3.8, 4) is 0 Å². The van der Waals surface area contributed by atoms with Crippen LogP contribution in [0.3, 0.4) is 0 Å². The summed E-state index contributed by atoms with van der Waals surface area (Å²) in [6.07, 6.45) is -4.52. The van der Waals surface area contributed by atoms with Crippen LogP contribution in [0, 0.1) is 0 Å². The summed E-state index contributed by atoms with van der Waals surface area (Å²) in [6, 6.07) is 2.82. The van der Waals surface area contributed by atoms with Crippen LogP contribution in [-0.2, 0) is 11.0 Å². The maximum absolute atomic E-state index is 12.6. The number of amides is 1. The molecule has 0 aliphatic carbocycles. The third-order valence-corrected chi connectivity index (χ3v) is 2.39. The summed E-state index contributed by atoms with van der Waals surface area (Å²) >= 11 is 5.45. The standard InChI is InChI=1S/C11H12ClF3N2O.ClH/c1-6(16)4-10(18)17-7-2-3-9(12)8(5-7)11(13,14)15;/h2-3,5-6H,4,16H2,1H3,(H,17,18);1H. The van der Waals surface area contributed by atoms with Gasteiger partial charge in [-0.15, -0.1) is 12.4 Å². The van der Waals surface area contributed by atoms with Crippen molar-refractivity contribution in [1.29, 1.82) is 0 Å². The van der Waals surface area contributed by atoms with Crippen LogP contribution in [0.25, 0.3) is 0 Å². The fourth-order valence-corrected chi connectivity index (χ4v) is 1.55. The van der Waals surface area contributed by atoms with E-state index in [2.05, 4.69) is 5.32 Å². The fraction of sp³-hybridized carbons (Fsp3) is 0.364. The van der Waals surface area contributed by atoms with Crippen LogP contribution in [0.1, 0.15) is 18.9 Å². The van der Waals surface area contributed by atoms with Crippen LogP contribution in [-0.4, -0.2) is 11.9 Å². The van der Waals surface area contributed by atoms with Crippen LogP contribution < -0.4 is 11.1 Å². The van der Waals surface area contributed by atoms with Gasteiger partial charge in [0.2, 0.25) is 5.91 Å². The van der Waals surface area contributed by atoms with Gasteiger partial charge in [-0.2, -0.15) is 13.2 Å². The smallest absolute Gasteiger partial charge is 0.327 e. The van der Waals surface area contributed by atoms with E-state index < -0.39 is 22.7 Å². The Labute approximate surface area is 119 Å². The van der Waals surface area contributed by atoms with Gasteiger partial charge in [0.15, 0.2) is 0 Å². The predicted molar refractivity (Wildman–Crippen MR) is 70.6 cm³/mol. The molecule has 19 heavy (non-hydrogen) atoms. The molecular formula is C11H13Cl2F3N2O. The molecule has 0 saturated carbocycles. The van der Waals surface area contributed by atoms with Gasteiger partial charge < -0.3 is 11.1 Å². The van der Waals surface area contributed by atoms with Gasteiger partial charge in [-0.25, -0.2) is 0 Å². The van der Waals surface area contributed by atoms with Gasteiger partial charge in [-0.1, -0.05) is 11.6 Å². The zero-order chi connectivity index (χ0) is 13.9. The lowest BCUT2D eigenvalue weighted by Crippen LogP contribution is -2.24. The van der Waals surface area contributed by atoms with E-state index in [1.165, 1.54) is 6.07 Å². The Hall–Kier alpha value is -0.980. The molecule has 0 spiro atoms. The van der Waals surface area contributed by atoms with Gasteiger partial charge >= 0.3 is 6.18 Å². The van der Waals surface area contributed by atoms with Gasteiger partial charge in [0.25, 0.3) is 0 Å². The first kappa shape index (κ1) is 18.0. The Balaban J connectivity index is 0.00000324. The first-order chi connectivity index (χ1) is 8.20. The van der Waals surface area contributed by atoms with E-state index in [-0.39, 0.29) is 30.6 Å². The zero-order valence-corrected chi connectivity index (χ0v) is 11.5. The highest BCUT2D eigenvalue weighted by Gasteiger charge is 2.33. The molecule has 1 rings (SSSR count). The average molecular weight is 317 g/mol. The molecule has 0 bridgehead atoms. The van der Waals surface area contributed by atoms with Crippen LogP contribution >= 0.6 is 24.0 Å². The number of carbonyl (C=O) groups excluding carboxylic acids is 1. The van der Waals surface area contributed by atoms with E-state index in [9.17, 15) is 18.0 Å². The van der Waals surface area contributed by atoms with Crippen LogP contribution in [0.5, 0.6) is 0 Å². The summed E-state index contributed by atoms with van der Waals surface area (Å²) in [5, 5.41) is 1.93. The highest BCUT2D eigenvalue weighted by molar-refractivity contribution is 6.31. The molecule has 3 N–H and O–H groups in total. The molecular weight excluding hydrogens is 304 g/mol. The minimum absolute atomic E-state index is 0. The van der Waals surface area contributed by atoms with Crippen LogP contribution in [0.4, 0.5) is 18.9 Å². The molecule has 0 aliphatic heterocycles. The fourth-order valence-electron chi connectivity index (χ4n) is 1.32. The molecule has 0 fully saturated rings. The molecule has 1 aromatic carbocycles. The number of benzene rings is 1. The van der Waals surface area contributed by atoms with E-state index >= 15 is 0 Å². The van der Waals surface area contributed by atoms with Crippen molar-refractivity contribution in [1.82, 2.24) is 0 Å². The van der Waals surface area contributed by atoms with Crippen LogP contribution in [0.15, 0.2) is 18.2 Å². The Bertz CT molecular complexity index is 450. The van der Waals surface area contributed by atoms with Crippen molar-refractivity contribution in [2.24, 2.45) is 5.73 Å². The number of carbonyl (C=O) groups is 1. The van der Waals surface area contributed by atoms with Crippen molar-refractivity contribution < 1.29 is 18.0 Å². The van der Waals surface area contributed by atoms with E-state index in [4.69, 9.17) is 17.3 Å². The van der Waals surface area contributed by atoms with Gasteiger partial charge in [-0.3, -0.25) is 4.79 Å². The molecule has 0 saturated heterocycles. The van der Waals surface area contributed by atoms with Gasteiger partial charge in [0, 0.05) is 18.2 Å². The number of hydrogen-bond donors (Lipinski definition) is 2. The molecule has 1 aromatic rings. The van der Waals surface area contributed by atoms with Gasteiger partial charge in [0.05, 0.1) is 10.6 Å². The van der Waals surface area contributed by atoms with E-state index in [1.807, 2.05) is 0 Å². The topological polar surface area (TPSA) is 55.1 Å². The molecule has 0 aromatic heterocycles. The normalized spacial score (nSPS) is 12.5. The zero-order valence-electron chi connectivity index (χ0n) is 9.92. The Kier molecular flexibility index (Phi) is 6.62. The van der Waals surface area contributed by atoms with Crippen molar-refractivity contribution in [3.63, 3.8) is 0 Å². The second kappa shape index (κ2) is 6.98. The third kappa shape index (κ3) is 5.67. The third-order valence-electron chi connectivity index (χ3n) is 2.06. The molecule has 1 unspecified atom stereocenters. The van der Waals surface area contributed by atoms with E-state index in [0.29, 0.717) is 0 Å². The molecule has 1 amide bonds. The molecule has 108 valence electrons. The summed E-state index contributed by atoms with van der Waals surface area (Å²) in [6.45, 7) is 1.63. The quantitative estimate of drug-likeness (QED) is 0.897. The van der Waals surface area contributed by atoms with Crippen LogP contribution in [0.2, 0.25) is 5.02 Å². The molecule has 1 atom stereocenters. The first-order valence-corrected chi connectivity index (χ1v) is 5.50. The lowest BCUT2D eigenvalue weighted by atomic mass is 10.2. The van der Waals surface area contributed by atoms with Crippen molar-refractivity contribution in [2.45, 2.75) is 25.6 Å². The molecule has 0 aliphatic rings. The highest BCUT2D eigenvalue weighted by Crippen LogP contribution is 2.36. The SMILES string of the molecule is CC(N)CC(=O)Nc1ccc(Cl)c(C(F)(F)F)c1.Cl. The maximum Gasteiger partial charge on any atom is 0.417 e. The number of hydrogen-bond acceptors (Lipinski definition) is 2. The largest absolute Gasteiger partial charge is 0.417 e. The molecule has 0 heterocycles. The minimum atomic E-state index is -4.56. The number of nitrogens with one attached hydrogen (secondary N) is 1. The van der Waals surface area contributed by atoms with Gasteiger partial charge in [0.1, 0.15) is 0 Å². The Morgan fingerprint density at radius 2 is 2.05 bits per heavy atom. The van der Waals surface area contributed by atoms with Crippen molar-refractivity contribution in [2.75, 3.05) is 5.32 Å². The number of halogens is 5. The molecule has 8 heteroatoms.